The lowest BCUT2D eigenvalue weighted by atomic mass is 9.97. The van der Waals surface area contributed by atoms with Gasteiger partial charge in [0.1, 0.15) is 12.7 Å². The van der Waals surface area contributed by atoms with Crippen LogP contribution in [-0.2, 0) is 4.84 Å². The SMILES string of the molecule is CCO/N=C(\C#N)C(C)c1ccccc1. The molecule has 1 aromatic rings. The van der Waals surface area contributed by atoms with Crippen LogP contribution >= 0.6 is 0 Å². The highest BCUT2D eigenvalue weighted by Gasteiger charge is 2.12. The fourth-order valence-corrected chi connectivity index (χ4v) is 1.23. The van der Waals surface area contributed by atoms with E-state index in [0.717, 1.165) is 5.56 Å². The lowest BCUT2D eigenvalue weighted by molar-refractivity contribution is 0.158. The average Bonchev–Trinajstić information content (AvgIpc) is 2.31. The highest BCUT2D eigenvalue weighted by atomic mass is 16.6. The van der Waals surface area contributed by atoms with Crippen LogP contribution in [0.3, 0.4) is 0 Å². The van der Waals surface area contributed by atoms with E-state index >= 15 is 0 Å². The summed E-state index contributed by atoms with van der Waals surface area (Å²) >= 11 is 0. The molecular weight excluding hydrogens is 188 g/mol. The lowest BCUT2D eigenvalue weighted by Crippen LogP contribution is -2.07. The summed E-state index contributed by atoms with van der Waals surface area (Å²) in [6.45, 7) is 4.26. The van der Waals surface area contributed by atoms with Gasteiger partial charge in [-0.2, -0.15) is 5.26 Å². The Bertz CT molecular complexity index is 365. The van der Waals surface area contributed by atoms with Crippen molar-refractivity contribution < 1.29 is 4.84 Å². The van der Waals surface area contributed by atoms with Crippen molar-refractivity contribution in [2.45, 2.75) is 19.8 Å². The van der Waals surface area contributed by atoms with Crippen LogP contribution in [0.1, 0.15) is 25.3 Å². The molecule has 0 spiro atoms. The molecule has 1 atom stereocenters. The molecule has 0 fully saturated rings. The molecule has 3 heteroatoms. The molecule has 0 aromatic heterocycles. The lowest BCUT2D eigenvalue weighted by Gasteiger charge is -2.08. The van der Waals surface area contributed by atoms with Gasteiger partial charge in [0, 0.05) is 5.92 Å². The number of nitrogens with zero attached hydrogens (tertiary/aromatic N) is 2. The molecule has 1 rings (SSSR count). The first-order valence-corrected chi connectivity index (χ1v) is 4.94. The normalized spacial score (nSPS) is 13.0. The maximum Gasteiger partial charge on any atom is 0.164 e. The van der Waals surface area contributed by atoms with Gasteiger partial charge < -0.3 is 4.84 Å². The zero-order chi connectivity index (χ0) is 11.1. The van der Waals surface area contributed by atoms with Crippen molar-refractivity contribution in [3.05, 3.63) is 35.9 Å². The second kappa shape index (κ2) is 5.82. The van der Waals surface area contributed by atoms with Crippen molar-refractivity contribution in [1.82, 2.24) is 0 Å². The summed E-state index contributed by atoms with van der Waals surface area (Å²) in [7, 11) is 0. The van der Waals surface area contributed by atoms with Crippen molar-refractivity contribution in [1.29, 1.82) is 5.26 Å². The van der Waals surface area contributed by atoms with Gasteiger partial charge >= 0.3 is 0 Å². The predicted octanol–water partition coefficient (Wildman–Crippen LogP) is 2.71. The van der Waals surface area contributed by atoms with Gasteiger partial charge in [0.15, 0.2) is 5.71 Å². The third-order valence-corrected chi connectivity index (χ3v) is 2.12. The Morgan fingerprint density at radius 2 is 2.13 bits per heavy atom. The standard InChI is InChI=1S/C12H14N2O/c1-3-15-14-12(9-13)10(2)11-7-5-4-6-8-11/h4-8,10H,3H2,1-2H3/b14-12+. The van der Waals surface area contributed by atoms with Gasteiger partial charge in [-0.1, -0.05) is 42.4 Å². The Balaban J connectivity index is 2.84. The minimum absolute atomic E-state index is 0.0252. The van der Waals surface area contributed by atoms with E-state index in [4.69, 9.17) is 10.1 Å². The molecule has 0 aliphatic heterocycles. The monoisotopic (exact) mass is 202 g/mol. The van der Waals surface area contributed by atoms with Gasteiger partial charge in [-0.15, -0.1) is 0 Å². The van der Waals surface area contributed by atoms with Crippen molar-refractivity contribution in [3.63, 3.8) is 0 Å². The Morgan fingerprint density at radius 1 is 1.47 bits per heavy atom. The van der Waals surface area contributed by atoms with Crippen molar-refractivity contribution in [3.8, 4) is 6.07 Å². The Kier molecular flexibility index (Phi) is 4.36. The van der Waals surface area contributed by atoms with Crippen LogP contribution in [0.25, 0.3) is 0 Å². The van der Waals surface area contributed by atoms with Crippen LogP contribution in [0.2, 0.25) is 0 Å². The molecule has 1 aromatic carbocycles. The smallest absolute Gasteiger partial charge is 0.164 e. The molecule has 78 valence electrons. The quantitative estimate of drug-likeness (QED) is 0.556. The van der Waals surface area contributed by atoms with E-state index in [1.165, 1.54) is 0 Å². The number of rotatable bonds is 4. The number of hydrogen-bond donors (Lipinski definition) is 0. The predicted molar refractivity (Wildman–Crippen MR) is 59.5 cm³/mol. The summed E-state index contributed by atoms with van der Waals surface area (Å²) in [6.07, 6.45) is 0. The third-order valence-electron chi connectivity index (χ3n) is 2.12. The third kappa shape index (κ3) is 3.10. The first kappa shape index (κ1) is 11.3. The van der Waals surface area contributed by atoms with Gasteiger partial charge in [0.2, 0.25) is 0 Å². The van der Waals surface area contributed by atoms with Crippen LogP contribution in [0.4, 0.5) is 0 Å². The van der Waals surface area contributed by atoms with Crippen LogP contribution in [0.15, 0.2) is 35.5 Å². The molecule has 0 saturated carbocycles. The van der Waals surface area contributed by atoms with Crippen LogP contribution in [0, 0.1) is 11.3 Å². The van der Waals surface area contributed by atoms with Crippen LogP contribution < -0.4 is 0 Å². The maximum atomic E-state index is 8.92. The van der Waals surface area contributed by atoms with Crippen LogP contribution in [-0.4, -0.2) is 12.3 Å². The highest BCUT2D eigenvalue weighted by molar-refractivity contribution is 6.02. The van der Waals surface area contributed by atoms with E-state index in [2.05, 4.69) is 11.2 Å². The fourth-order valence-electron chi connectivity index (χ4n) is 1.23. The Hall–Kier alpha value is -1.82. The molecule has 3 nitrogen and oxygen atoms in total. The van der Waals surface area contributed by atoms with E-state index in [0.29, 0.717) is 12.3 Å². The zero-order valence-corrected chi connectivity index (χ0v) is 8.97. The van der Waals surface area contributed by atoms with E-state index < -0.39 is 0 Å². The van der Waals surface area contributed by atoms with Crippen molar-refractivity contribution in [2.24, 2.45) is 5.16 Å². The molecular formula is C12H14N2O. The Morgan fingerprint density at radius 3 is 2.67 bits per heavy atom. The molecule has 0 aliphatic carbocycles. The largest absolute Gasteiger partial charge is 0.395 e. The number of nitriles is 1. The number of hydrogen-bond acceptors (Lipinski definition) is 3. The molecule has 0 N–H and O–H groups in total. The van der Waals surface area contributed by atoms with Gasteiger partial charge in [0.05, 0.1) is 0 Å². The molecule has 0 radical (unpaired) electrons. The maximum absolute atomic E-state index is 8.92. The molecule has 0 heterocycles. The molecule has 0 saturated heterocycles. The summed E-state index contributed by atoms with van der Waals surface area (Å²) in [6, 6.07) is 11.8. The first-order chi connectivity index (χ1) is 7.29. The van der Waals surface area contributed by atoms with Crippen LogP contribution in [0.5, 0.6) is 0 Å². The minimum Gasteiger partial charge on any atom is -0.395 e. The zero-order valence-electron chi connectivity index (χ0n) is 8.97. The van der Waals surface area contributed by atoms with Gasteiger partial charge in [-0.05, 0) is 12.5 Å². The summed E-state index contributed by atoms with van der Waals surface area (Å²) < 4.78 is 0. The molecule has 0 aliphatic rings. The van der Waals surface area contributed by atoms with Gasteiger partial charge in [0.25, 0.3) is 0 Å². The van der Waals surface area contributed by atoms with E-state index in [1.54, 1.807) is 0 Å². The summed E-state index contributed by atoms with van der Waals surface area (Å²) in [5, 5.41) is 12.7. The van der Waals surface area contributed by atoms with Crippen molar-refractivity contribution in [2.75, 3.05) is 6.61 Å². The topological polar surface area (TPSA) is 45.4 Å². The summed E-state index contributed by atoms with van der Waals surface area (Å²) in [5.41, 5.74) is 1.47. The first-order valence-electron chi connectivity index (χ1n) is 4.94. The molecule has 0 amide bonds. The Labute approximate surface area is 90.0 Å². The molecule has 0 bridgehead atoms. The van der Waals surface area contributed by atoms with E-state index in [9.17, 15) is 0 Å². The second-order valence-electron chi connectivity index (χ2n) is 3.14. The van der Waals surface area contributed by atoms with E-state index in [-0.39, 0.29) is 5.92 Å². The summed E-state index contributed by atoms with van der Waals surface area (Å²) in [5.74, 6) is -0.0252. The molecule has 1 unspecified atom stereocenters. The minimum atomic E-state index is -0.0252. The fraction of sp³-hybridized carbons (Fsp3) is 0.333. The summed E-state index contributed by atoms with van der Waals surface area (Å²) in [4.78, 5) is 4.89. The number of oxime groups is 1. The highest BCUT2D eigenvalue weighted by Crippen LogP contribution is 2.16. The molecule has 15 heavy (non-hydrogen) atoms. The van der Waals surface area contributed by atoms with Gasteiger partial charge in [-0.3, -0.25) is 0 Å². The van der Waals surface area contributed by atoms with Gasteiger partial charge in [-0.25, -0.2) is 0 Å². The van der Waals surface area contributed by atoms with E-state index in [1.807, 2.05) is 44.2 Å². The average molecular weight is 202 g/mol. The second-order valence-corrected chi connectivity index (χ2v) is 3.14. The van der Waals surface area contributed by atoms with Crippen molar-refractivity contribution >= 4 is 5.71 Å². The number of benzene rings is 1.